The number of nitro benzene ring substituents is 1. The molecular weight excluding hydrogens is 340 g/mol. The summed E-state index contributed by atoms with van der Waals surface area (Å²) in [5, 5.41) is 24.7. The van der Waals surface area contributed by atoms with E-state index in [2.05, 4.69) is 5.32 Å². The summed E-state index contributed by atoms with van der Waals surface area (Å²) in [6, 6.07) is 13.0. The van der Waals surface area contributed by atoms with Gasteiger partial charge < -0.3 is 10.4 Å². The second-order valence-electron chi connectivity index (χ2n) is 6.06. The van der Waals surface area contributed by atoms with Gasteiger partial charge in [0, 0.05) is 29.5 Å². The molecule has 1 aliphatic heterocycles. The van der Waals surface area contributed by atoms with Crippen molar-refractivity contribution in [3.63, 3.8) is 0 Å². The molecule has 0 aromatic heterocycles. The number of nitrogens with zero attached hydrogens (tertiary/aromatic N) is 1. The number of hydrogen-bond donors (Lipinski definition) is 2. The van der Waals surface area contributed by atoms with Gasteiger partial charge in [-0.2, -0.15) is 11.8 Å². The largest absolute Gasteiger partial charge is 0.387 e. The van der Waals surface area contributed by atoms with Crippen molar-refractivity contribution < 1.29 is 14.8 Å². The average molecular weight is 358 g/mol. The topological polar surface area (TPSA) is 92.5 Å². The van der Waals surface area contributed by atoms with Crippen molar-refractivity contribution in [1.29, 1.82) is 0 Å². The van der Waals surface area contributed by atoms with Gasteiger partial charge >= 0.3 is 0 Å². The van der Waals surface area contributed by atoms with Gasteiger partial charge in [-0.1, -0.05) is 30.3 Å². The maximum Gasteiger partial charge on any atom is 0.293 e. The van der Waals surface area contributed by atoms with Crippen LogP contribution in [0.1, 0.15) is 22.3 Å². The summed E-state index contributed by atoms with van der Waals surface area (Å²) in [6.07, 6.45) is 0.656. The average Bonchev–Trinajstić information content (AvgIpc) is 3.07. The minimum absolute atomic E-state index is 0.170. The van der Waals surface area contributed by atoms with Crippen molar-refractivity contribution in [3.8, 4) is 0 Å². The van der Waals surface area contributed by atoms with Crippen molar-refractivity contribution in [2.45, 2.75) is 12.0 Å². The molecule has 1 fully saturated rings. The molecule has 3 rings (SSSR count). The standard InChI is InChI=1S/C18H18N2O4S/c21-17(13-4-2-1-3-5-13)14-6-7-15(16(10-14)20(23)24)19-11-18(22)8-9-25-12-18/h1-7,10,19,22H,8-9,11-12H2. The molecule has 0 radical (unpaired) electrons. The molecule has 130 valence electrons. The van der Waals surface area contributed by atoms with Crippen LogP contribution < -0.4 is 5.32 Å². The number of hydrogen-bond acceptors (Lipinski definition) is 6. The zero-order chi connectivity index (χ0) is 17.9. The van der Waals surface area contributed by atoms with E-state index in [4.69, 9.17) is 0 Å². The Morgan fingerprint density at radius 2 is 2.00 bits per heavy atom. The van der Waals surface area contributed by atoms with Crippen LogP contribution in [0.25, 0.3) is 0 Å². The molecule has 7 heteroatoms. The van der Waals surface area contributed by atoms with E-state index in [-0.39, 0.29) is 23.6 Å². The van der Waals surface area contributed by atoms with Crippen LogP contribution in [0.2, 0.25) is 0 Å². The summed E-state index contributed by atoms with van der Waals surface area (Å²) >= 11 is 1.66. The Kier molecular flexibility index (Phi) is 5.06. The first-order valence-corrected chi connectivity index (χ1v) is 9.06. The molecule has 2 N–H and O–H groups in total. The van der Waals surface area contributed by atoms with E-state index < -0.39 is 10.5 Å². The Labute approximate surface area is 149 Å². The van der Waals surface area contributed by atoms with Gasteiger partial charge in [0.15, 0.2) is 5.78 Å². The van der Waals surface area contributed by atoms with Crippen LogP contribution in [-0.2, 0) is 0 Å². The van der Waals surface area contributed by atoms with Gasteiger partial charge in [0.05, 0.1) is 10.5 Å². The van der Waals surface area contributed by atoms with Crippen molar-refractivity contribution in [3.05, 3.63) is 69.8 Å². The number of aliphatic hydroxyl groups is 1. The fraction of sp³-hybridized carbons (Fsp3) is 0.278. The molecule has 2 aromatic carbocycles. The van der Waals surface area contributed by atoms with Crippen molar-refractivity contribution in [2.75, 3.05) is 23.4 Å². The van der Waals surface area contributed by atoms with Crippen molar-refractivity contribution >= 4 is 28.9 Å². The van der Waals surface area contributed by atoms with E-state index >= 15 is 0 Å². The highest BCUT2D eigenvalue weighted by Crippen LogP contribution is 2.31. The minimum Gasteiger partial charge on any atom is -0.387 e. The fourth-order valence-corrected chi connectivity index (χ4v) is 4.02. The van der Waals surface area contributed by atoms with Gasteiger partial charge in [-0.15, -0.1) is 0 Å². The van der Waals surface area contributed by atoms with Crippen molar-refractivity contribution in [2.24, 2.45) is 0 Å². The number of nitrogens with one attached hydrogen (secondary N) is 1. The molecule has 1 aliphatic rings. The molecule has 6 nitrogen and oxygen atoms in total. The molecule has 0 bridgehead atoms. The highest BCUT2D eigenvalue weighted by molar-refractivity contribution is 7.99. The lowest BCUT2D eigenvalue weighted by Gasteiger charge is -2.22. The van der Waals surface area contributed by atoms with Crippen LogP contribution >= 0.6 is 11.8 Å². The lowest BCUT2D eigenvalue weighted by atomic mass is 10.0. The number of thioether (sulfide) groups is 1. The molecule has 1 atom stereocenters. The highest BCUT2D eigenvalue weighted by atomic mass is 32.2. The van der Waals surface area contributed by atoms with Gasteiger partial charge in [-0.05, 0) is 24.3 Å². The van der Waals surface area contributed by atoms with Crippen LogP contribution in [0.5, 0.6) is 0 Å². The maximum atomic E-state index is 12.5. The normalized spacial score (nSPS) is 19.6. The van der Waals surface area contributed by atoms with Crippen LogP contribution in [0.3, 0.4) is 0 Å². The van der Waals surface area contributed by atoms with E-state index in [0.29, 0.717) is 23.4 Å². The molecule has 0 amide bonds. The third-order valence-electron chi connectivity index (χ3n) is 4.18. The van der Waals surface area contributed by atoms with E-state index in [1.54, 1.807) is 48.2 Å². The molecule has 2 aromatic rings. The second-order valence-corrected chi connectivity index (χ2v) is 7.17. The number of carbonyl (C=O) groups is 1. The first-order chi connectivity index (χ1) is 12.0. The summed E-state index contributed by atoms with van der Waals surface area (Å²) in [4.78, 5) is 23.3. The number of anilines is 1. The predicted octanol–water partition coefficient (Wildman–Crippen LogP) is 3.11. The SMILES string of the molecule is O=C(c1ccccc1)c1ccc(NCC2(O)CCSC2)c([N+](=O)[O-])c1. The molecule has 0 spiro atoms. The Balaban J connectivity index is 1.83. The van der Waals surface area contributed by atoms with E-state index in [1.165, 1.54) is 12.1 Å². The number of carbonyl (C=O) groups excluding carboxylic acids is 1. The van der Waals surface area contributed by atoms with Crippen LogP contribution in [0, 0.1) is 10.1 Å². The van der Waals surface area contributed by atoms with Crippen molar-refractivity contribution in [1.82, 2.24) is 0 Å². The van der Waals surface area contributed by atoms with Gasteiger partial charge in [-0.25, -0.2) is 0 Å². The van der Waals surface area contributed by atoms with Gasteiger partial charge in [-0.3, -0.25) is 14.9 Å². The van der Waals surface area contributed by atoms with Crippen LogP contribution in [0.4, 0.5) is 11.4 Å². The molecule has 1 heterocycles. The Hall–Kier alpha value is -2.38. The minimum atomic E-state index is -0.850. The third-order valence-corrected chi connectivity index (χ3v) is 5.42. The Morgan fingerprint density at radius 1 is 1.24 bits per heavy atom. The monoisotopic (exact) mass is 358 g/mol. The van der Waals surface area contributed by atoms with Gasteiger partial charge in [0.1, 0.15) is 5.69 Å². The number of nitro groups is 1. The molecule has 0 aliphatic carbocycles. The summed E-state index contributed by atoms with van der Waals surface area (Å²) in [7, 11) is 0. The fourth-order valence-electron chi connectivity index (χ4n) is 2.73. The summed E-state index contributed by atoms with van der Waals surface area (Å²) in [5.41, 5.74) is 0.0289. The first kappa shape index (κ1) is 17.4. The summed E-state index contributed by atoms with van der Waals surface area (Å²) < 4.78 is 0. The molecule has 1 saturated heterocycles. The quantitative estimate of drug-likeness (QED) is 0.468. The summed E-state index contributed by atoms with van der Waals surface area (Å²) in [5.74, 6) is 1.23. The maximum absolute atomic E-state index is 12.5. The zero-order valence-corrected chi connectivity index (χ0v) is 14.3. The lowest BCUT2D eigenvalue weighted by Crippen LogP contribution is -2.36. The van der Waals surface area contributed by atoms with E-state index in [9.17, 15) is 20.0 Å². The van der Waals surface area contributed by atoms with E-state index in [0.717, 1.165) is 5.75 Å². The van der Waals surface area contributed by atoms with Crippen LogP contribution in [0.15, 0.2) is 48.5 Å². The number of ketones is 1. The second kappa shape index (κ2) is 7.25. The van der Waals surface area contributed by atoms with Gasteiger partial charge in [0.25, 0.3) is 5.69 Å². The van der Waals surface area contributed by atoms with E-state index in [1.807, 2.05) is 0 Å². The first-order valence-electron chi connectivity index (χ1n) is 7.91. The molecule has 0 saturated carbocycles. The lowest BCUT2D eigenvalue weighted by molar-refractivity contribution is -0.384. The zero-order valence-electron chi connectivity index (χ0n) is 13.5. The number of rotatable bonds is 6. The smallest absolute Gasteiger partial charge is 0.293 e. The summed E-state index contributed by atoms with van der Waals surface area (Å²) in [6.45, 7) is 0.243. The predicted molar refractivity (Wildman–Crippen MR) is 98.4 cm³/mol. The molecular formula is C18H18N2O4S. The highest BCUT2D eigenvalue weighted by Gasteiger charge is 2.32. The Bertz CT molecular complexity index is 789. The Morgan fingerprint density at radius 3 is 2.64 bits per heavy atom. The van der Waals surface area contributed by atoms with Gasteiger partial charge in [0.2, 0.25) is 0 Å². The third kappa shape index (κ3) is 4.00. The van der Waals surface area contributed by atoms with Crippen LogP contribution in [-0.4, -0.2) is 39.5 Å². The number of benzene rings is 2. The molecule has 25 heavy (non-hydrogen) atoms. The molecule has 1 unspecified atom stereocenters.